The first kappa shape index (κ1) is 16.7. The van der Waals surface area contributed by atoms with Crippen molar-refractivity contribution >= 4 is 21.4 Å². The second kappa shape index (κ2) is 5.96. The number of hydrogen-bond donors (Lipinski definition) is 2. The Morgan fingerprint density at radius 2 is 1.75 bits per heavy atom. The van der Waals surface area contributed by atoms with Gasteiger partial charge in [0.1, 0.15) is 6.10 Å². The molecule has 0 aromatic carbocycles. The number of primary amides is 1. The molecule has 0 spiro atoms. The van der Waals surface area contributed by atoms with Crippen molar-refractivity contribution in [3.05, 3.63) is 0 Å². The van der Waals surface area contributed by atoms with E-state index >= 15 is 0 Å². The summed E-state index contributed by atoms with van der Waals surface area (Å²) in [5, 5.41) is 1.30. The lowest BCUT2D eigenvalue weighted by Gasteiger charge is -2.30. The molecule has 0 aromatic rings. The highest BCUT2D eigenvalue weighted by Crippen LogP contribution is 2.17. The van der Waals surface area contributed by atoms with Crippen molar-refractivity contribution in [1.29, 1.82) is 0 Å². The highest BCUT2D eigenvalue weighted by atomic mass is 32.2. The summed E-state index contributed by atoms with van der Waals surface area (Å²) < 4.78 is 29.3. The van der Waals surface area contributed by atoms with Gasteiger partial charge in [0.15, 0.2) is 0 Å². The highest BCUT2D eigenvalue weighted by molar-refractivity contribution is 8.03. The topological polar surface area (TPSA) is 119 Å². The van der Waals surface area contributed by atoms with Crippen LogP contribution in [0.4, 0.5) is 9.59 Å². The van der Waals surface area contributed by atoms with Crippen LogP contribution in [0.2, 0.25) is 0 Å². The van der Waals surface area contributed by atoms with Crippen LogP contribution in [-0.4, -0.2) is 48.8 Å². The van der Waals surface area contributed by atoms with Crippen LogP contribution in [0.25, 0.3) is 0 Å². The van der Waals surface area contributed by atoms with E-state index in [9.17, 15) is 18.0 Å². The number of hydrogen-bond acceptors (Lipinski definition) is 5. The van der Waals surface area contributed by atoms with Gasteiger partial charge in [0.25, 0.3) is 10.0 Å². The second-order valence-electron chi connectivity index (χ2n) is 5.70. The molecule has 0 unspecified atom stereocenters. The lowest BCUT2D eigenvalue weighted by Crippen LogP contribution is -2.47. The largest absolute Gasteiger partial charge is 0.446 e. The van der Waals surface area contributed by atoms with Gasteiger partial charge in [0.2, 0.25) is 0 Å². The van der Waals surface area contributed by atoms with Crippen LogP contribution in [-0.2, 0) is 14.8 Å². The minimum absolute atomic E-state index is 0.110. The molecule has 1 saturated heterocycles. The molecule has 0 radical (unpaired) electrons. The first-order valence-corrected chi connectivity index (χ1v) is 7.75. The Morgan fingerprint density at radius 3 is 2.15 bits per heavy atom. The zero-order chi connectivity index (χ0) is 15.6. The van der Waals surface area contributed by atoms with E-state index in [0.717, 1.165) is 4.31 Å². The maximum atomic E-state index is 11.6. The maximum Gasteiger partial charge on any atom is 0.407 e. The molecule has 8 nitrogen and oxygen atoms in total. The first-order valence-electron chi connectivity index (χ1n) is 6.31. The van der Waals surface area contributed by atoms with E-state index in [4.69, 9.17) is 10.5 Å². The highest BCUT2D eigenvalue weighted by Gasteiger charge is 2.33. The first-order chi connectivity index (χ1) is 9.02. The molecule has 1 rings (SSSR count). The van der Waals surface area contributed by atoms with Crippen molar-refractivity contribution < 1.29 is 22.7 Å². The molecular weight excluding hydrogens is 286 g/mol. The Morgan fingerprint density at radius 1 is 1.25 bits per heavy atom. The lowest BCUT2D eigenvalue weighted by atomic mass is 10.1. The summed E-state index contributed by atoms with van der Waals surface area (Å²) >= 11 is 0. The smallest absolute Gasteiger partial charge is 0.407 e. The number of ether oxygens (including phenoxy) is 1. The Labute approximate surface area is 118 Å². The zero-order valence-corrected chi connectivity index (χ0v) is 12.7. The molecule has 2 amide bonds. The molecule has 116 valence electrons. The summed E-state index contributed by atoms with van der Waals surface area (Å²) in [4.78, 5) is 22.4. The van der Waals surface area contributed by atoms with Crippen LogP contribution in [0.1, 0.15) is 33.6 Å². The average molecular weight is 307 g/mol. The van der Waals surface area contributed by atoms with Crippen molar-refractivity contribution in [1.82, 2.24) is 9.62 Å². The molecule has 1 aliphatic heterocycles. The molecule has 0 saturated carbocycles. The van der Waals surface area contributed by atoms with E-state index in [-0.39, 0.29) is 19.2 Å². The third kappa shape index (κ3) is 4.64. The Hall–Kier alpha value is -1.35. The van der Waals surface area contributed by atoms with Gasteiger partial charge in [-0.2, -0.15) is 4.31 Å². The van der Waals surface area contributed by atoms with E-state index in [2.05, 4.69) is 5.32 Å². The van der Waals surface area contributed by atoms with E-state index in [1.807, 2.05) is 20.8 Å². The summed E-state index contributed by atoms with van der Waals surface area (Å²) in [6.07, 6.45) is -0.223. The lowest BCUT2D eigenvalue weighted by molar-refractivity contribution is 0.0628. The molecule has 9 heteroatoms. The average Bonchev–Trinajstić information content (AvgIpc) is 2.26. The van der Waals surface area contributed by atoms with Crippen molar-refractivity contribution in [3.8, 4) is 0 Å². The number of piperidine rings is 1. The van der Waals surface area contributed by atoms with Crippen LogP contribution < -0.4 is 11.1 Å². The molecule has 3 N–H and O–H groups in total. The maximum absolute atomic E-state index is 11.6. The summed E-state index contributed by atoms with van der Waals surface area (Å²) in [5.41, 5.74) is 4.43. The number of sulfonamides is 1. The zero-order valence-electron chi connectivity index (χ0n) is 11.9. The van der Waals surface area contributed by atoms with Gasteiger partial charge in [0, 0.05) is 18.6 Å². The summed E-state index contributed by atoms with van der Waals surface area (Å²) in [6.45, 7) is 5.71. The minimum atomic E-state index is -4.06. The van der Waals surface area contributed by atoms with Crippen molar-refractivity contribution in [2.45, 2.75) is 45.3 Å². The Bertz CT molecular complexity index is 475. The monoisotopic (exact) mass is 307 g/mol. The molecular formula is C11H21N3O5S. The number of nitrogens with one attached hydrogen (secondary N) is 1. The Kier molecular flexibility index (Phi) is 4.98. The third-order valence-electron chi connectivity index (χ3n) is 2.75. The number of carbonyl (C=O) groups excluding carboxylic acids is 2. The van der Waals surface area contributed by atoms with Gasteiger partial charge in [-0.15, -0.1) is 0 Å². The third-order valence-corrected chi connectivity index (χ3v) is 4.30. The number of amides is 2. The Balaban J connectivity index is 2.48. The molecule has 0 bridgehead atoms. The van der Waals surface area contributed by atoms with Crippen LogP contribution in [0.3, 0.4) is 0 Å². The fourth-order valence-electron chi connectivity index (χ4n) is 1.80. The van der Waals surface area contributed by atoms with Gasteiger partial charge >= 0.3 is 11.3 Å². The normalized spacial score (nSPS) is 18.6. The van der Waals surface area contributed by atoms with Gasteiger partial charge in [-0.1, -0.05) is 0 Å². The molecule has 0 aromatic heterocycles. The molecule has 20 heavy (non-hydrogen) atoms. The molecule has 1 aliphatic rings. The van der Waals surface area contributed by atoms with Crippen LogP contribution in [0, 0.1) is 0 Å². The SMILES string of the molecule is CC(C)(C)NC(=O)OC1CCN(S(=O)(=O)C(N)=O)CC1. The standard InChI is InChI=1S/C11H21N3O5S/c1-11(2,3)13-10(16)19-8-4-6-14(7-5-8)20(17,18)9(12)15/h8H,4-7H2,1-3H3,(H2,12,15)(H,13,16). The van der Waals surface area contributed by atoms with Crippen molar-refractivity contribution in [2.75, 3.05) is 13.1 Å². The van der Waals surface area contributed by atoms with Crippen molar-refractivity contribution in [2.24, 2.45) is 5.73 Å². The fraction of sp³-hybridized carbons (Fsp3) is 0.818. The van der Waals surface area contributed by atoms with Crippen LogP contribution in [0.5, 0.6) is 0 Å². The van der Waals surface area contributed by atoms with Crippen LogP contribution >= 0.6 is 0 Å². The quantitative estimate of drug-likeness (QED) is 0.764. The second-order valence-corrected chi connectivity index (χ2v) is 7.57. The van der Waals surface area contributed by atoms with E-state index in [0.29, 0.717) is 12.8 Å². The minimum Gasteiger partial charge on any atom is -0.446 e. The van der Waals surface area contributed by atoms with Gasteiger partial charge < -0.3 is 15.8 Å². The van der Waals surface area contributed by atoms with Gasteiger partial charge in [0.05, 0.1) is 0 Å². The molecule has 0 atom stereocenters. The van der Waals surface area contributed by atoms with E-state index < -0.39 is 26.9 Å². The fourth-order valence-corrected chi connectivity index (χ4v) is 2.75. The van der Waals surface area contributed by atoms with Crippen LogP contribution in [0.15, 0.2) is 0 Å². The number of nitrogens with zero attached hydrogens (tertiary/aromatic N) is 1. The number of alkyl carbamates (subject to hydrolysis) is 1. The predicted octanol–water partition coefficient (Wildman–Crippen LogP) is 0.384. The molecule has 1 fully saturated rings. The summed E-state index contributed by atoms with van der Waals surface area (Å²) in [6, 6.07) is 0. The summed E-state index contributed by atoms with van der Waals surface area (Å²) in [7, 11) is -4.06. The molecule has 0 aliphatic carbocycles. The number of nitrogens with two attached hydrogens (primary N) is 1. The van der Waals surface area contributed by atoms with E-state index in [1.54, 1.807) is 0 Å². The van der Waals surface area contributed by atoms with E-state index in [1.165, 1.54) is 0 Å². The number of rotatable bonds is 2. The summed E-state index contributed by atoms with van der Waals surface area (Å²) in [5.74, 6) is 0. The predicted molar refractivity (Wildman–Crippen MR) is 72.5 cm³/mol. The number of carbonyl (C=O) groups is 2. The van der Waals surface area contributed by atoms with Gasteiger partial charge in [-0.3, -0.25) is 4.79 Å². The van der Waals surface area contributed by atoms with Gasteiger partial charge in [-0.25, -0.2) is 13.2 Å². The van der Waals surface area contributed by atoms with Crippen molar-refractivity contribution in [3.63, 3.8) is 0 Å². The van der Waals surface area contributed by atoms with Gasteiger partial charge in [-0.05, 0) is 33.6 Å². The molecule has 1 heterocycles.